The molecule has 0 unspecified atom stereocenters. The van der Waals surface area contributed by atoms with Crippen LogP contribution in [0.5, 0.6) is 0 Å². The van der Waals surface area contributed by atoms with Crippen LogP contribution in [0.25, 0.3) is 0 Å². The number of carbonyl (C=O) groups is 1. The molecule has 184 valence electrons. The summed E-state index contributed by atoms with van der Waals surface area (Å²) in [5.74, 6) is 0.612. The van der Waals surface area contributed by atoms with E-state index in [0.717, 1.165) is 55.8 Å². The lowest BCUT2D eigenvalue weighted by Gasteiger charge is -2.33. The van der Waals surface area contributed by atoms with Gasteiger partial charge in [0.05, 0.1) is 22.9 Å². The van der Waals surface area contributed by atoms with Crippen molar-refractivity contribution < 1.29 is 17.6 Å². The maximum absolute atomic E-state index is 13.4. The minimum absolute atomic E-state index is 0.0203. The van der Waals surface area contributed by atoms with Gasteiger partial charge in [0.25, 0.3) is 15.9 Å². The fourth-order valence-electron chi connectivity index (χ4n) is 5.07. The quantitative estimate of drug-likeness (QED) is 0.528. The molecule has 1 aromatic heterocycles. The van der Waals surface area contributed by atoms with Crippen molar-refractivity contribution in [3.63, 3.8) is 0 Å². The molecule has 2 aliphatic heterocycles. The molecule has 3 heterocycles. The van der Waals surface area contributed by atoms with E-state index in [1.54, 1.807) is 18.4 Å². The second-order valence-electron chi connectivity index (χ2n) is 9.17. The number of piperidine rings is 1. The predicted octanol–water partition coefficient (Wildman–Crippen LogP) is 4.38. The van der Waals surface area contributed by atoms with E-state index in [1.807, 2.05) is 36.4 Å². The Morgan fingerprint density at radius 2 is 1.69 bits per heavy atom. The lowest BCUT2D eigenvalue weighted by molar-refractivity contribution is 0.0914. The third-order valence-corrected chi connectivity index (χ3v) is 8.76. The van der Waals surface area contributed by atoms with Crippen molar-refractivity contribution in [2.45, 2.75) is 43.0 Å². The van der Waals surface area contributed by atoms with Crippen LogP contribution in [-0.2, 0) is 16.4 Å². The molecule has 1 fully saturated rings. The number of nitrogens with one attached hydrogen (secondary N) is 1. The lowest BCUT2D eigenvalue weighted by atomic mass is 10.0. The molecule has 8 heteroatoms. The van der Waals surface area contributed by atoms with Crippen LogP contribution in [-0.4, -0.2) is 45.4 Å². The number of aryl methyl sites for hydroxylation is 1. The molecule has 0 aliphatic carbocycles. The zero-order chi connectivity index (χ0) is 24.3. The molecule has 3 aromatic rings. The average Bonchev–Trinajstić information content (AvgIpc) is 3.44. The fourth-order valence-corrected chi connectivity index (χ4v) is 6.61. The summed E-state index contributed by atoms with van der Waals surface area (Å²) in [4.78, 5) is 15.5. The van der Waals surface area contributed by atoms with Gasteiger partial charge in [-0.3, -0.25) is 14.0 Å². The number of likely N-dealkylation sites (tertiary alicyclic amines) is 1. The number of hydrogen-bond acceptors (Lipinski definition) is 5. The molecule has 1 atom stereocenters. The molecule has 2 aromatic carbocycles. The molecule has 1 amide bonds. The molecular weight excluding hydrogens is 462 g/mol. The Morgan fingerprint density at radius 3 is 2.43 bits per heavy atom. The van der Waals surface area contributed by atoms with E-state index in [1.165, 1.54) is 22.9 Å². The Hall–Kier alpha value is -3.10. The minimum atomic E-state index is -3.71. The van der Waals surface area contributed by atoms with Gasteiger partial charge in [0.15, 0.2) is 0 Å². The number of para-hydroxylation sites is 1. The number of nitrogens with zero attached hydrogens (tertiary/aromatic N) is 2. The molecule has 0 bridgehead atoms. The van der Waals surface area contributed by atoms with E-state index in [-0.39, 0.29) is 16.8 Å². The summed E-state index contributed by atoms with van der Waals surface area (Å²) in [6.45, 7) is 2.84. The van der Waals surface area contributed by atoms with E-state index in [4.69, 9.17) is 4.42 Å². The summed E-state index contributed by atoms with van der Waals surface area (Å²) < 4.78 is 33.9. The highest BCUT2D eigenvalue weighted by Gasteiger charge is 2.29. The van der Waals surface area contributed by atoms with Crippen molar-refractivity contribution in [2.75, 3.05) is 30.5 Å². The third kappa shape index (κ3) is 4.99. The van der Waals surface area contributed by atoms with E-state index >= 15 is 0 Å². The van der Waals surface area contributed by atoms with Gasteiger partial charge >= 0.3 is 0 Å². The van der Waals surface area contributed by atoms with Crippen LogP contribution >= 0.6 is 0 Å². The molecule has 1 saturated heterocycles. The van der Waals surface area contributed by atoms with Crippen molar-refractivity contribution in [3.8, 4) is 0 Å². The molecular formula is C27H31N3O4S. The molecule has 2 aliphatic rings. The molecule has 0 saturated carbocycles. The maximum Gasteiger partial charge on any atom is 0.264 e. The van der Waals surface area contributed by atoms with Crippen LogP contribution in [0, 0.1) is 0 Å². The fraction of sp³-hybridized carbons (Fsp3) is 0.370. The Labute approximate surface area is 206 Å². The highest BCUT2D eigenvalue weighted by molar-refractivity contribution is 7.92. The number of hydrogen-bond donors (Lipinski definition) is 1. The monoisotopic (exact) mass is 493 g/mol. The summed E-state index contributed by atoms with van der Waals surface area (Å²) in [7, 11) is -3.71. The van der Waals surface area contributed by atoms with Gasteiger partial charge in [0, 0.05) is 18.7 Å². The second kappa shape index (κ2) is 10.3. The zero-order valence-corrected chi connectivity index (χ0v) is 20.5. The summed E-state index contributed by atoms with van der Waals surface area (Å²) in [5, 5.41) is 3.02. The van der Waals surface area contributed by atoms with Gasteiger partial charge in [0.1, 0.15) is 5.76 Å². The highest BCUT2D eigenvalue weighted by Crippen LogP contribution is 2.32. The van der Waals surface area contributed by atoms with Gasteiger partial charge < -0.3 is 9.73 Å². The number of amides is 1. The standard InChI is InChI=1S/C27H31N3O4S/c31-27(28-20-25(26-11-7-19-34-26)29-16-4-1-5-17-29)22-12-14-23(15-13-22)35(32,33)30-18-6-9-21-8-2-3-10-24(21)30/h2-3,7-8,10-15,19,25H,1,4-6,9,16-18,20H2,(H,28,31)/t25-/m1/s1. The first-order valence-electron chi connectivity index (χ1n) is 12.3. The van der Waals surface area contributed by atoms with Crippen LogP contribution in [0.3, 0.4) is 0 Å². The van der Waals surface area contributed by atoms with Gasteiger partial charge in [0.2, 0.25) is 0 Å². The van der Waals surface area contributed by atoms with Crippen molar-refractivity contribution in [1.29, 1.82) is 0 Å². The molecule has 7 nitrogen and oxygen atoms in total. The van der Waals surface area contributed by atoms with Crippen molar-refractivity contribution in [1.82, 2.24) is 10.2 Å². The molecule has 0 radical (unpaired) electrons. The van der Waals surface area contributed by atoms with Crippen molar-refractivity contribution in [2.24, 2.45) is 0 Å². The molecule has 35 heavy (non-hydrogen) atoms. The number of anilines is 1. The van der Waals surface area contributed by atoms with Gasteiger partial charge in [-0.25, -0.2) is 8.42 Å². The highest BCUT2D eigenvalue weighted by atomic mass is 32.2. The predicted molar refractivity (Wildman–Crippen MR) is 135 cm³/mol. The van der Waals surface area contributed by atoms with Crippen LogP contribution in [0.2, 0.25) is 0 Å². The van der Waals surface area contributed by atoms with Crippen LogP contribution < -0.4 is 9.62 Å². The zero-order valence-electron chi connectivity index (χ0n) is 19.7. The van der Waals surface area contributed by atoms with E-state index in [0.29, 0.717) is 18.7 Å². The number of rotatable bonds is 7. The first-order valence-corrected chi connectivity index (χ1v) is 13.7. The molecule has 0 spiro atoms. The maximum atomic E-state index is 13.4. The number of fused-ring (bicyclic) bond motifs is 1. The average molecular weight is 494 g/mol. The Morgan fingerprint density at radius 1 is 0.914 bits per heavy atom. The number of benzene rings is 2. The van der Waals surface area contributed by atoms with Crippen LogP contribution in [0.4, 0.5) is 5.69 Å². The number of sulfonamides is 1. The van der Waals surface area contributed by atoms with E-state index in [2.05, 4.69) is 10.2 Å². The normalized spacial score (nSPS) is 17.5. The van der Waals surface area contributed by atoms with Crippen molar-refractivity contribution in [3.05, 3.63) is 83.8 Å². The molecule has 5 rings (SSSR count). The first-order chi connectivity index (χ1) is 17.0. The SMILES string of the molecule is O=C(NC[C@H](c1ccco1)N1CCCCC1)c1ccc(S(=O)(=O)N2CCCc3ccccc32)cc1. The summed E-state index contributed by atoms with van der Waals surface area (Å²) in [5.41, 5.74) is 2.21. The van der Waals surface area contributed by atoms with Crippen LogP contribution in [0.1, 0.15) is 53.4 Å². The van der Waals surface area contributed by atoms with Gasteiger partial charge in [-0.15, -0.1) is 0 Å². The summed E-state index contributed by atoms with van der Waals surface area (Å²) >= 11 is 0. The van der Waals surface area contributed by atoms with Crippen molar-refractivity contribution >= 4 is 21.6 Å². The minimum Gasteiger partial charge on any atom is -0.468 e. The second-order valence-corrected chi connectivity index (χ2v) is 11.0. The van der Waals surface area contributed by atoms with Gasteiger partial charge in [-0.2, -0.15) is 0 Å². The number of furan rings is 1. The Bertz CT molecular complexity index is 1250. The number of carbonyl (C=O) groups excluding carboxylic acids is 1. The first kappa shape index (κ1) is 23.6. The topological polar surface area (TPSA) is 82.9 Å². The Kier molecular flexibility index (Phi) is 6.92. The largest absolute Gasteiger partial charge is 0.468 e. The van der Waals surface area contributed by atoms with Gasteiger partial charge in [-0.05, 0) is 86.8 Å². The van der Waals surface area contributed by atoms with E-state index < -0.39 is 10.0 Å². The summed E-state index contributed by atoms with van der Waals surface area (Å²) in [6.07, 6.45) is 6.83. The van der Waals surface area contributed by atoms with Crippen LogP contribution in [0.15, 0.2) is 76.2 Å². The van der Waals surface area contributed by atoms with Gasteiger partial charge in [-0.1, -0.05) is 24.6 Å². The summed E-state index contributed by atoms with van der Waals surface area (Å²) in [6, 6.07) is 17.6. The lowest BCUT2D eigenvalue weighted by Crippen LogP contribution is -2.40. The Balaban J connectivity index is 1.28. The van der Waals surface area contributed by atoms with E-state index in [9.17, 15) is 13.2 Å². The smallest absolute Gasteiger partial charge is 0.264 e. The molecule has 1 N–H and O–H groups in total. The third-order valence-electron chi connectivity index (χ3n) is 6.93.